The van der Waals surface area contributed by atoms with Crippen molar-refractivity contribution in [2.45, 2.75) is 13.3 Å². The Labute approximate surface area is 168 Å². The number of aromatic nitrogens is 2. The molecule has 0 aliphatic rings. The predicted octanol–water partition coefficient (Wildman–Crippen LogP) is 3.56. The zero-order valence-corrected chi connectivity index (χ0v) is 16.5. The fraction of sp³-hybridized carbons (Fsp3) is 0.158. The van der Waals surface area contributed by atoms with E-state index in [0.29, 0.717) is 11.1 Å². The monoisotopic (exact) mass is 444 g/mol. The predicted molar refractivity (Wildman–Crippen MR) is 107 cm³/mol. The van der Waals surface area contributed by atoms with E-state index in [4.69, 9.17) is 0 Å². The van der Waals surface area contributed by atoms with Gasteiger partial charge in [0.2, 0.25) is 5.78 Å². The molecule has 2 heterocycles. The molecule has 8 nitrogen and oxygen atoms in total. The van der Waals surface area contributed by atoms with Gasteiger partial charge in [-0.1, -0.05) is 13.0 Å². The van der Waals surface area contributed by atoms with E-state index in [1.54, 1.807) is 22.7 Å². The van der Waals surface area contributed by atoms with E-state index < -0.39 is 17.8 Å². The number of nitrogens with zero attached hydrogens (tertiary/aromatic N) is 2. The number of benzene rings is 1. The second-order valence-electron chi connectivity index (χ2n) is 5.96. The highest BCUT2D eigenvalue weighted by atomic mass is 79.9. The Bertz CT molecular complexity index is 1080. The van der Waals surface area contributed by atoms with Gasteiger partial charge >= 0.3 is 12.0 Å². The lowest BCUT2D eigenvalue weighted by atomic mass is 10.0. The van der Waals surface area contributed by atoms with E-state index in [0.717, 1.165) is 11.9 Å². The molecule has 3 aromatic rings. The normalized spacial score (nSPS) is 10.6. The van der Waals surface area contributed by atoms with Crippen molar-refractivity contribution in [2.75, 3.05) is 11.9 Å². The lowest BCUT2D eigenvalue weighted by Gasteiger charge is -2.11. The minimum atomic E-state index is -1.26. The number of carbonyl (C=O) groups is 3. The highest BCUT2D eigenvalue weighted by molar-refractivity contribution is 9.10. The van der Waals surface area contributed by atoms with Gasteiger partial charge in [-0.15, -0.1) is 0 Å². The maximum Gasteiger partial charge on any atom is 0.337 e. The Morgan fingerprint density at radius 1 is 1.21 bits per heavy atom. The minimum Gasteiger partial charge on any atom is -0.478 e. The number of carboxylic acid groups (broad SMARTS) is 1. The van der Waals surface area contributed by atoms with E-state index >= 15 is 0 Å². The van der Waals surface area contributed by atoms with Crippen LogP contribution in [0.5, 0.6) is 0 Å². The summed E-state index contributed by atoms with van der Waals surface area (Å²) in [6.45, 7) is 2.37. The van der Waals surface area contributed by atoms with Gasteiger partial charge in [-0.2, -0.15) is 0 Å². The van der Waals surface area contributed by atoms with Gasteiger partial charge in [-0.05, 0) is 52.7 Å². The molecule has 0 unspecified atom stereocenters. The number of halogens is 1. The van der Waals surface area contributed by atoms with Crippen molar-refractivity contribution in [3.63, 3.8) is 0 Å². The van der Waals surface area contributed by atoms with Crippen LogP contribution in [0.4, 0.5) is 10.5 Å². The number of amides is 2. The van der Waals surface area contributed by atoms with Crippen LogP contribution in [0.25, 0.3) is 5.52 Å². The van der Waals surface area contributed by atoms with Crippen molar-refractivity contribution in [1.82, 2.24) is 14.7 Å². The smallest absolute Gasteiger partial charge is 0.337 e. The maximum atomic E-state index is 12.9. The summed E-state index contributed by atoms with van der Waals surface area (Å²) in [5.41, 5.74) is 0.791. The topological polar surface area (TPSA) is 113 Å². The molecule has 9 heteroatoms. The van der Waals surface area contributed by atoms with Crippen molar-refractivity contribution in [1.29, 1.82) is 0 Å². The molecule has 0 spiro atoms. The van der Waals surface area contributed by atoms with Crippen molar-refractivity contribution >= 4 is 44.9 Å². The fourth-order valence-electron chi connectivity index (χ4n) is 2.67. The van der Waals surface area contributed by atoms with E-state index in [1.807, 2.05) is 13.0 Å². The summed E-state index contributed by atoms with van der Waals surface area (Å²) < 4.78 is 2.14. The Morgan fingerprint density at radius 3 is 2.71 bits per heavy atom. The number of carbonyl (C=O) groups excluding carboxylic acids is 2. The molecular formula is C19H17BrN4O4. The molecule has 1 aromatic carbocycles. The maximum absolute atomic E-state index is 12.9. The van der Waals surface area contributed by atoms with E-state index in [2.05, 4.69) is 31.5 Å². The number of hydrogen-bond acceptors (Lipinski definition) is 4. The third kappa shape index (κ3) is 3.89. The van der Waals surface area contributed by atoms with Gasteiger partial charge in [-0.3, -0.25) is 9.20 Å². The van der Waals surface area contributed by atoms with Gasteiger partial charge in [0.1, 0.15) is 4.60 Å². The number of nitrogens with one attached hydrogen (secondary N) is 2. The van der Waals surface area contributed by atoms with Gasteiger partial charge in [0.05, 0.1) is 16.8 Å². The van der Waals surface area contributed by atoms with Crippen molar-refractivity contribution in [2.24, 2.45) is 0 Å². The molecule has 0 atom stereocenters. The van der Waals surface area contributed by atoms with Crippen LogP contribution in [-0.2, 0) is 0 Å². The SMILES string of the molecule is CCCNC(=O)Nc1ccc(C(=O)c2nc(Br)c3ccccn23)cc1C(=O)O. The molecule has 2 aromatic heterocycles. The number of imidazole rings is 1. The number of pyridine rings is 1. The van der Waals surface area contributed by atoms with Crippen LogP contribution in [-0.4, -0.2) is 38.8 Å². The average Bonchev–Trinajstić information content (AvgIpc) is 3.03. The number of urea groups is 1. The molecule has 0 fully saturated rings. The van der Waals surface area contributed by atoms with Crippen LogP contribution in [0.1, 0.15) is 39.9 Å². The summed E-state index contributed by atoms with van der Waals surface area (Å²) in [6.07, 6.45) is 2.45. The van der Waals surface area contributed by atoms with Crippen LogP contribution in [0, 0.1) is 0 Å². The summed E-state index contributed by atoms with van der Waals surface area (Å²) in [5, 5.41) is 14.6. The third-order valence-electron chi connectivity index (χ3n) is 4.00. The molecule has 0 saturated carbocycles. The molecule has 3 rings (SSSR count). The first-order chi connectivity index (χ1) is 13.4. The van der Waals surface area contributed by atoms with E-state index in [1.165, 1.54) is 18.2 Å². The standard InChI is InChI=1S/C19H17BrN4O4/c1-2-8-21-19(28)22-13-7-6-11(10-12(13)18(26)27)15(25)17-23-16(20)14-5-3-4-9-24(14)17/h3-7,9-10H,2,8H2,1H3,(H,26,27)(H2,21,22,28). The lowest BCUT2D eigenvalue weighted by molar-refractivity contribution is 0.0698. The van der Waals surface area contributed by atoms with Gasteiger partial charge in [0, 0.05) is 18.3 Å². The summed E-state index contributed by atoms with van der Waals surface area (Å²) in [4.78, 5) is 40.6. The zero-order chi connectivity index (χ0) is 20.3. The molecular weight excluding hydrogens is 428 g/mol. The van der Waals surface area contributed by atoms with Gasteiger partial charge < -0.3 is 15.7 Å². The van der Waals surface area contributed by atoms with Crippen LogP contribution < -0.4 is 10.6 Å². The summed E-state index contributed by atoms with van der Waals surface area (Å²) >= 11 is 3.32. The van der Waals surface area contributed by atoms with Crippen LogP contribution in [0.15, 0.2) is 47.2 Å². The largest absolute Gasteiger partial charge is 0.478 e. The number of hydrogen-bond donors (Lipinski definition) is 3. The Balaban J connectivity index is 1.96. The first-order valence-electron chi connectivity index (χ1n) is 8.51. The molecule has 0 bridgehead atoms. The lowest BCUT2D eigenvalue weighted by Crippen LogP contribution is -2.30. The molecule has 2 amide bonds. The highest BCUT2D eigenvalue weighted by Crippen LogP contribution is 2.23. The Kier molecular flexibility index (Phi) is 5.74. The molecule has 0 saturated heterocycles. The Morgan fingerprint density at radius 2 is 2.00 bits per heavy atom. The van der Waals surface area contributed by atoms with Crippen LogP contribution in [0.2, 0.25) is 0 Å². The summed E-state index contributed by atoms with van der Waals surface area (Å²) in [5.74, 6) is -1.54. The third-order valence-corrected chi connectivity index (χ3v) is 4.59. The van der Waals surface area contributed by atoms with Crippen molar-refractivity contribution in [3.8, 4) is 0 Å². The van der Waals surface area contributed by atoms with Gasteiger partial charge in [0.25, 0.3) is 0 Å². The van der Waals surface area contributed by atoms with Crippen molar-refractivity contribution in [3.05, 3.63) is 64.1 Å². The summed E-state index contributed by atoms with van der Waals surface area (Å²) in [7, 11) is 0. The number of carboxylic acids is 1. The molecule has 0 radical (unpaired) electrons. The molecule has 0 aliphatic carbocycles. The van der Waals surface area contributed by atoms with Crippen LogP contribution in [0.3, 0.4) is 0 Å². The molecule has 144 valence electrons. The summed E-state index contributed by atoms with van der Waals surface area (Å²) in [6, 6.07) is 8.98. The fourth-order valence-corrected chi connectivity index (χ4v) is 3.16. The first kappa shape index (κ1) is 19.6. The quantitative estimate of drug-likeness (QED) is 0.503. The van der Waals surface area contributed by atoms with Gasteiger partial charge in [0.15, 0.2) is 5.82 Å². The average molecular weight is 445 g/mol. The number of fused-ring (bicyclic) bond motifs is 1. The van der Waals surface area contributed by atoms with Crippen molar-refractivity contribution < 1.29 is 19.5 Å². The van der Waals surface area contributed by atoms with Crippen LogP contribution >= 0.6 is 15.9 Å². The molecule has 28 heavy (non-hydrogen) atoms. The number of aromatic carboxylic acids is 1. The zero-order valence-electron chi connectivity index (χ0n) is 14.9. The molecule has 3 N–H and O–H groups in total. The second-order valence-corrected chi connectivity index (χ2v) is 6.71. The number of anilines is 1. The number of rotatable bonds is 6. The minimum absolute atomic E-state index is 0.104. The second kappa shape index (κ2) is 8.22. The van der Waals surface area contributed by atoms with E-state index in [9.17, 15) is 19.5 Å². The highest BCUT2D eigenvalue weighted by Gasteiger charge is 2.21. The first-order valence-corrected chi connectivity index (χ1v) is 9.31. The van der Waals surface area contributed by atoms with Gasteiger partial charge in [-0.25, -0.2) is 14.6 Å². The number of ketones is 1. The van der Waals surface area contributed by atoms with E-state index in [-0.39, 0.29) is 22.6 Å². The Hall–Kier alpha value is -3.20. The molecule has 0 aliphatic heterocycles.